The third-order valence-electron chi connectivity index (χ3n) is 6.93. The molecule has 0 saturated carbocycles. The standard InChI is InChI=1S/C15H19F5O6.C12H15F5O3/c1-7(2)10(21)24-6-9-12(5,23)13(16,17)14(25-9,15(18,19)20)26-11(22)8(3)4;1-7(2)8(18)19-6-9(3)5-11(13,14)10(4,20-9)12(15,16)17/h8-9,23H,1,6H2,2-5H3;1,5-6H2,2-4H3. The lowest BCUT2D eigenvalue weighted by Crippen LogP contribution is -2.65. The van der Waals surface area contributed by atoms with Crippen molar-refractivity contribution in [1.82, 2.24) is 0 Å². The average Bonchev–Trinajstić information content (AvgIpc) is 3.15. The SMILES string of the molecule is C=C(C)C(=O)OCC1(C)CC(F)(F)C(C)(C(F)(F)F)O1.C=C(C)C(=O)OCC1OC(OC(=O)C(C)C)(C(F)(F)F)C(F)(F)C1(C)O. The van der Waals surface area contributed by atoms with Gasteiger partial charge < -0.3 is 28.8 Å². The van der Waals surface area contributed by atoms with Gasteiger partial charge in [-0.1, -0.05) is 27.0 Å². The molecule has 19 heteroatoms. The Balaban J connectivity index is 0.000000476. The molecule has 2 aliphatic heterocycles. The highest BCUT2D eigenvalue weighted by atomic mass is 19.4. The number of rotatable bonds is 8. The van der Waals surface area contributed by atoms with E-state index in [1.807, 2.05) is 0 Å². The summed E-state index contributed by atoms with van der Waals surface area (Å²) in [6, 6.07) is 0. The minimum Gasteiger partial charge on any atom is -0.459 e. The Kier molecular flexibility index (Phi) is 11.6. The molecule has 9 nitrogen and oxygen atoms in total. The molecule has 0 aromatic carbocycles. The van der Waals surface area contributed by atoms with E-state index in [2.05, 4.69) is 36.8 Å². The number of hydrogen-bond acceptors (Lipinski definition) is 9. The van der Waals surface area contributed by atoms with Crippen LogP contribution in [0, 0.1) is 5.92 Å². The normalized spacial score (nSPS) is 31.8. The molecule has 0 aliphatic carbocycles. The zero-order chi connectivity index (χ0) is 36.7. The van der Waals surface area contributed by atoms with Gasteiger partial charge in [-0.05, 0) is 34.6 Å². The van der Waals surface area contributed by atoms with Crippen molar-refractivity contribution in [3.8, 4) is 0 Å². The Morgan fingerprint density at radius 3 is 1.72 bits per heavy atom. The summed E-state index contributed by atoms with van der Waals surface area (Å²) in [5, 5.41) is 10.0. The zero-order valence-corrected chi connectivity index (χ0v) is 25.7. The van der Waals surface area contributed by atoms with Crippen molar-refractivity contribution in [3.05, 3.63) is 24.3 Å². The Morgan fingerprint density at radius 1 is 0.891 bits per heavy atom. The van der Waals surface area contributed by atoms with Crippen molar-refractivity contribution in [2.24, 2.45) is 5.92 Å². The Hall–Kier alpha value is -2.93. The molecule has 0 aromatic rings. The van der Waals surface area contributed by atoms with Crippen LogP contribution in [-0.4, -0.2) is 89.1 Å². The first-order chi connectivity index (χ1) is 20.3. The quantitative estimate of drug-likeness (QED) is 0.150. The van der Waals surface area contributed by atoms with E-state index in [9.17, 15) is 63.4 Å². The van der Waals surface area contributed by atoms with Gasteiger partial charge in [0, 0.05) is 17.6 Å². The molecular formula is C27H34F10O9. The molecule has 2 heterocycles. The van der Waals surface area contributed by atoms with E-state index in [1.165, 1.54) is 13.8 Å². The molecule has 46 heavy (non-hydrogen) atoms. The summed E-state index contributed by atoms with van der Waals surface area (Å²) in [7, 11) is 0. The molecule has 0 spiro atoms. The van der Waals surface area contributed by atoms with Crippen LogP contribution in [0.15, 0.2) is 24.3 Å². The zero-order valence-electron chi connectivity index (χ0n) is 25.7. The molecule has 266 valence electrons. The average molecular weight is 693 g/mol. The molecule has 2 rings (SSSR count). The van der Waals surface area contributed by atoms with Crippen LogP contribution >= 0.6 is 0 Å². The number of halogens is 10. The molecule has 2 aliphatic rings. The predicted molar refractivity (Wildman–Crippen MR) is 135 cm³/mol. The van der Waals surface area contributed by atoms with Crippen LogP contribution in [0.2, 0.25) is 0 Å². The number of esters is 3. The number of hydrogen-bond donors (Lipinski definition) is 1. The van der Waals surface area contributed by atoms with Crippen LogP contribution in [0.3, 0.4) is 0 Å². The fourth-order valence-electron chi connectivity index (χ4n) is 3.97. The maximum absolute atomic E-state index is 14.6. The second kappa shape index (κ2) is 12.9. The molecule has 0 aromatic heterocycles. The first kappa shape index (κ1) is 41.1. The van der Waals surface area contributed by atoms with E-state index in [0.29, 0.717) is 13.8 Å². The van der Waals surface area contributed by atoms with E-state index in [4.69, 9.17) is 0 Å². The van der Waals surface area contributed by atoms with Crippen molar-refractivity contribution < 1.29 is 87.1 Å². The Labute approximate surface area is 256 Å². The molecular weight excluding hydrogens is 658 g/mol. The van der Waals surface area contributed by atoms with Gasteiger partial charge >= 0.3 is 42.0 Å². The van der Waals surface area contributed by atoms with Crippen molar-refractivity contribution >= 4 is 17.9 Å². The summed E-state index contributed by atoms with van der Waals surface area (Å²) in [5.74, 6) is -18.7. The third-order valence-corrected chi connectivity index (χ3v) is 6.93. The van der Waals surface area contributed by atoms with Crippen LogP contribution in [0.25, 0.3) is 0 Å². The lowest BCUT2D eigenvalue weighted by atomic mass is 9.89. The first-order valence-corrected chi connectivity index (χ1v) is 13.1. The summed E-state index contributed by atoms with van der Waals surface area (Å²) >= 11 is 0. The van der Waals surface area contributed by atoms with Crippen molar-refractivity contribution in [3.63, 3.8) is 0 Å². The fourth-order valence-corrected chi connectivity index (χ4v) is 3.97. The molecule has 2 saturated heterocycles. The van der Waals surface area contributed by atoms with Crippen LogP contribution in [-0.2, 0) is 38.1 Å². The first-order valence-electron chi connectivity index (χ1n) is 13.1. The predicted octanol–water partition coefficient (Wildman–Crippen LogP) is 5.59. The molecule has 1 N–H and O–H groups in total. The Bertz CT molecular complexity index is 1210. The van der Waals surface area contributed by atoms with Gasteiger partial charge in [-0.2, -0.15) is 35.1 Å². The maximum Gasteiger partial charge on any atom is 0.462 e. The molecule has 5 atom stereocenters. The summed E-state index contributed by atoms with van der Waals surface area (Å²) < 4.78 is 157. The second-order valence-electron chi connectivity index (χ2n) is 11.7. The topological polar surface area (TPSA) is 118 Å². The van der Waals surface area contributed by atoms with Gasteiger partial charge in [-0.3, -0.25) is 4.79 Å². The van der Waals surface area contributed by atoms with E-state index in [0.717, 1.165) is 20.8 Å². The van der Waals surface area contributed by atoms with Crippen LogP contribution in [0.4, 0.5) is 43.9 Å². The summed E-state index contributed by atoms with van der Waals surface area (Å²) in [4.78, 5) is 34.1. The summed E-state index contributed by atoms with van der Waals surface area (Å²) in [6.07, 6.45) is -14.7. The minimum atomic E-state index is -5.89. The van der Waals surface area contributed by atoms with Crippen molar-refractivity contribution in [2.75, 3.05) is 13.2 Å². The van der Waals surface area contributed by atoms with Crippen molar-refractivity contribution in [1.29, 1.82) is 0 Å². The van der Waals surface area contributed by atoms with Gasteiger partial charge in [0.25, 0.3) is 5.92 Å². The lowest BCUT2D eigenvalue weighted by Gasteiger charge is -2.37. The molecule has 0 bridgehead atoms. The van der Waals surface area contributed by atoms with Gasteiger partial charge in [-0.25, -0.2) is 18.4 Å². The minimum absolute atomic E-state index is 0.0111. The number of ether oxygens (including phenoxy) is 5. The second-order valence-corrected chi connectivity index (χ2v) is 11.7. The van der Waals surface area contributed by atoms with Gasteiger partial charge in [0.2, 0.25) is 5.60 Å². The van der Waals surface area contributed by atoms with Gasteiger partial charge in [0.15, 0.2) is 5.60 Å². The van der Waals surface area contributed by atoms with Crippen LogP contribution < -0.4 is 0 Å². The fraction of sp³-hybridized carbons (Fsp3) is 0.741. The van der Waals surface area contributed by atoms with Crippen LogP contribution in [0.5, 0.6) is 0 Å². The lowest BCUT2D eigenvalue weighted by molar-refractivity contribution is -0.413. The van der Waals surface area contributed by atoms with Gasteiger partial charge in [0.1, 0.15) is 24.9 Å². The number of carbonyl (C=O) groups excluding carboxylic acids is 3. The van der Waals surface area contributed by atoms with E-state index >= 15 is 0 Å². The van der Waals surface area contributed by atoms with Crippen molar-refractivity contribution in [2.45, 2.75) is 108 Å². The number of aliphatic hydroxyl groups is 1. The van der Waals surface area contributed by atoms with E-state index < -0.39 is 96.4 Å². The monoisotopic (exact) mass is 692 g/mol. The maximum atomic E-state index is 14.6. The number of alkyl halides is 10. The van der Waals surface area contributed by atoms with Gasteiger partial charge in [0.05, 0.1) is 5.92 Å². The third kappa shape index (κ3) is 7.61. The molecule has 5 unspecified atom stereocenters. The summed E-state index contributed by atoms with van der Waals surface area (Å²) in [5.41, 5.74) is -9.13. The molecule has 2 fully saturated rings. The highest BCUT2D eigenvalue weighted by Gasteiger charge is 2.87. The molecule has 0 amide bonds. The summed E-state index contributed by atoms with van der Waals surface area (Å²) in [6.45, 7) is 11.1. The number of carbonyl (C=O) groups is 3. The Morgan fingerprint density at radius 2 is 1.35 bits per heavy atom. The largest absolute Gasteiger partial charge is 0.462 e. The van der Waals surface area contributed by atoms with Crippen LogP contribution in [0.1, 0.15) is 54.9 Å². The van der Waals surface area contributed by atoms with E-state index in [-0.39, 0.29) is 11.1 Å². The van der Waals surface area contributed by atoms with Gasteiger partial charge in [-0.15, -0.1) is 0 Å². The molecule has 0 radical (unpaired) electrons. The highest BCUT2D eigenvalue weighted by Crippen LogP contribution is 2.58. The van der Waals surface area contributed by atoms with E-state index in [1.54, 1.807) is 0 Å². The smallest absolute Gasteiger partial charge is 0.459 e. The highest BCUT2D eigenvalue weighted by molar-refractivity contribution is 5.87.